The molecule has 1 aromatic rings. The van der Waals surface area contributed by atoms with Crippen LogP contribution in [0.4, 0.5) is 0 Å². The monoisotopic (exact) mass is 307 g/mol. The number of fused-ring (bicyclic) bond motifs is 1. The molecule has 0 aliphatic carbocycles. The summed E-state index contributed by atoms with van der Waals surface area (Å²) < 4.78 is 11.4. The molecule has 1 unspecified atom stereocenters. The summed E-state index contributed by atoms with van der Waals surface area (Å²) in [5.74, 6) is -0.724. The van der Waals surface area contributed by atoms with Gasteiger partial charge in [0.05, 0.1) is 5.92 Å². The Hall–Kier alpha value is -2.24. The highest BCUT2D eigenvalue weighted by atomic mass is 16.5. The molecule has 0 saturated carbocycles. The first-order valence-electron chi connectivity index (χ1n) is 7.22. The Labute approximate surface area is 129 Å². The lowest BCUT2D eigenvalue weighted by Gasteiger charge is -2.18. The SMILES string of the molecule is CC(CNC(=O)COc1cccc2c1OC(C)(C)C2)C(=O)O. The molecule has 0 radical (unpaired) electrons. The molecule has 0 saturated heterocycles. The number of amides is 1. The van der Waals surface area contributed by atoms with Crippen LogP contribution in [0.3, 0.4) is 0 Å². The molecular weight excluding hydrogens is 286 g/mol. The van der Waals surface area contributed by atoms with Crippen molar-refractivity contribution in [2.75, 3.05) is 13.2 Å². The molecule has 0 spiro atoms. The number of ether oxygens (including phenoxy) is 2. The second kappa shape index (κ2) is 6.25. The van der Waals surface area contributed by atoms with Crippen LogP contribution < -0.4 is 14.8 Å². The lowest BCUT2D eigenvalue weighted by atomic mass is 10.0. The van der Waals surface area contributed by atoms with Crippen molar-refractivity contribution in [2.45, 2.75) is 32.8 Å². The molecule has 1 aliphatic heterocycles. The Morgan fingerprint density at radius 1 is 1.45 bits per heavy atom. The number of carboxylic acids is 1. The largest absolute Gasteiger partial charge is 0.483 e. The number of hydrogen-bond acceptors (Lipinski definition) is 4. The quantitative estimate of drug-likeness (QED) is 0.834. The number of benzene rings is 1. The van der Waals surface area contributed by atoms with Crippen molar-refractivity contribution in [3.8, 4) is 11.5 Å². The van der Waals surface area contributed by atoms with Gasteiger partial charge in [-0.15, -0.1) is 0 Å². The van der Waals surface area contributed by atoms with Crippen LogP contribution in [-0.2, 0) is 16.0 Å². The number of hydrogen-bond donors (Lipinski definition) is 2. The van der Waals surface area contributed by atoms with Crippen molar-refractivity contribution in [3.63, 3.8) is 0 Å². The molecule has 22 heavy (non-hydrogen) atoms. The zero-order valence-electron chi connectivity index (χ0n) is 13.0. The van der Waals surface area contributed by atoms with E-state index in [1.165, 1.54) is 6.92 Å². The molecule has 6 heteroatoms. The summed E-state index contributed by atoms with van der Waals surface area (Å²) >= 11 is 0. The summed E-state index contributed by atoms with van der Waals surface area (Å²) in [6, 6.07) is 5.60. The third-order valence-corrected chi connectivity index (χ3v) is 3.44. The number of aliphatic carboxylic acids is 1. The summed E-state index contributed by atoms with van der Waals surface area (Å²) in [5.41, 5.74) is 0.781. The van der Waals surface area contributed by atoms with E-state index in [1.54, 1.807) is 6.07 Å². The average Bonchev–Trinajstić information content (AvgIpc) is 2.76. The smallest absolute Gasteiger partial charge is 0.308 e. The second-order valence-electron chi connectivity index (χ2n) is 6.11. The highest BCUT2D eigenvalue weighted by Crippen LogP contribution is 2.41. The number of para-hydroxylation sites is 1. The van der Waals surface area contributed by atoms with Gasteiger partial charge >= 0.3 is 5.97 Å². The fourth-order valence-electron chi connectivity index (χ4n) is 2.25. The first-order chi connectivity index (χ1) is 10.3. The van der Waals surface area contributed by atoms with Gasteiger partial charge in [0.1, 0.15) is 5.60 Å². The highest BCUT2D eigenvalue weighted by molar-refractivity contribution is 5.78. The minimum Gasteiger partial charge on any atom is -0.483 e. The van der Waals surface area contributed by atoms with Crippen LogP contribution in [0.1, 0.15) is 26.3 Å². The average molecular weight is 307 g/mol. The van der Waals surface area contributed by atoms with E-state index in [1.807, 2.05) is 26.0 Å². The maximum atomic E-state index is 11.7. The van der Waals surface area contributed by atoms with Gasteiger partial charge in [-0.05, 0) is 19.9 Å². The van der Waals surface area contributed by atoms with E-state index in [2.05, 4.69) is 5.32 Å². The van der Waals surface area contributed by atoms with Crippen LogP contribution in [-0.4, -0.2) is 35.7 Å². The standard InChI is InChI=1S/C16H21NO5/c1-10(15(19)20)8-17-13(18)9-21-12-6-4-5-11-7-16(2,3)22-14(11)12/h4-6,10H,7-9H2,1-3H3,(H,17,18)(H,19,20). The molecular formula is C16H21NO5. The van der Waals surface area contributed by atoms with E-state index in [9.17, 15) is 9.59 Å². The molecule has 1 amide bonds. The van der Waals surface area contributed by atoms with Crippen molar-refractivity contribution in [1.82, 2.24) is 5.32 Å². The fraction of sp³-hybridized carbons (Fsp3) is 0.500. The Morgan fingerprint density at radius 3 is 2.86 bits per heavy atom. The van der Waals surface area contributed by atoms with Crippen LogP contribution in [0.15, 0.2) is 18.2 Å². The third kappa shape index (κ3) is 3.90. The molecule has 1 atom stereocenters. The minimum absolute atomic E-state index is 0.0773. The molecule has 0 bridgehead atoms. The maximum Gasteiger partial charge on any atom is 0.308 e. The topological polar surface area (TPSA) is 84.9 Å². The second-order valence-corrected chi connectivity index (χ2v) is 6.11. The zero-order valence-corrected chi connectivity index (χ0v) is 13.0. The van der Waals surface area contributed by atoms with Gasteiger partial charge in [0, 0.05) is 18.5 Å². The van der Waals surface area contributed by atoms with Crippen molar-refractivity contribution in [3.05, 3.63) is 23.8 Å². The van der Waals surface area contributed by atoms with Gasteiger partial charge in [-0.2, -0.15) is 0 Å². The van der Waals surface area contributed by atoms with Crippen LogP contribution in [0.5, 0.6) is 11.5 Å². The molecule has 2 rings (SSSR count). The number of nitrogens with one attached hydrogen (secondary N) is 1. The van der Waals surface area contributed by atoms with Gasteiger partial charge in [-0.1, -0.05) is 19.1 Å². The number of carbonyl (C=O) groups is 2. The van der Waals surface area contributed by atoms with E-state index in [0.717, 1.165) is 12.0 Å². The lowest BCUT2D eigenvalue weighted by Crippen LogP contribution is -2.34. The van der Waals surface area contributed by atoms with Crippen molar-refractivity contribution in [1.29, 1.82) is 0 Å². The highest BCUT2D eigenvalue weighted by Gasteiger charge is 2.32. The van der Waals surface area contributed by atoms with Crippen LogP contribution in [0.2, 0.25) is 0 Å². The predicted molar refractivity (Wildman–Crippen MR) is 80.2 cm³/mol. The predicted octanol–water partition coefficient (Wildman–Crippen LogP) is 1.62. The van der Waals surface area contributed by atoms with Crippen LogP contribution in [0.25, 0.3) is 0 Å². The van der Waals surface area contributed by atoms with Crippen molar-refractivity contribution < 1.29 is 24.2 Å². The van der Waals surface area contributed by atoms with E-state index >= 15 is 0 Å². The van der Waals surface area contributed by atoms with Crippen molar-refractivity contribution >= 4 is 11.9 Å². The third-order valence-electron chi connectivity index (χ3n) is 3.44. The van der Waals surface area contributed by atoms with E-state index < -0.39 is 11.9 Å². The van der Waals surface area contributed by atoms with Gasteiger partial charge in [-0.25, -0.2) is 0 Å². The molecule has 1 heterocycles. The summed E-state index contributed by atoms with van der Waals surface area (Å²) in [7, 11) is 0. The van der Waals surface area contributed by atoms with Gasteiger partial charge in [0.15, 0.2) is 18.1 Å². The Kier molecular flexibility index (Phi) is 4.59. The number of rotatable bonds is 6. The Bertz CT molecular complexity index is 582. The summed E-state index contributed by atoms with van der Waals surface area (Å²) in [6.45, 7) is 5.43. The Morgan fingerprint density at radius 2 is 2.18 bits per heavy atom. The molecule has 2 N–H and O–H groups in total. The van der Waals surface area contributed by atoms with Crippen LogP contribution >= 0.6 is 0 Å². The molecule has 120 valence electrons. The molecule has 6 nitrogen and oxygen atoms in total. The van der Waals surface area contributed by atoms with E-state index in [-0.39, 0.29) is 24.7 Å². The lowest BCUT2D eigenvalue weighted by molar-refractivity contribution is -0.141. The first-order valence-corrected chi connectivity index (χ1v) is 7.22. The first kappa shape index (κ1) is 16.1. The van der Waals surface area contributed by atoms with E-state index in [0.29, 0.717) is 11.5 Å². The van der Waals surface area contributed by atoms with Crippen LogP contribution in [0, 0.1) is 5.92 Å². The van der Waals surface area contributed by atoms with E-state index in [4.69, 9.17) is 14.6 Å². The normalized spacial score (nSPS) is 16.3. The number of carboxylic acid groups (broad SMARTS) is 1. The van der Waals surface area contributed by atoms with Crippen molar-refractivity contribution in [2.24, 2.45) is 5.92 Å². The summed E-state index contributed by atoms with van der Waals surface area (Å²) in [6.07, 6.45) is 0.794. The zero-order chi connectivity index (χ0) is 16.3. The van der Waals surface area contributed by atoms with Gasteiger partial charge in [-0.3, -0.25) is 9.59 Å². The fourth-order valence-corrected chi connectivity index (χ4v) is 2.25. The molecule has 0 fully saturated rings. The summed E-state index contributed by atoms with van der Waals surface area (Å²) in [4.78, 5) is 22.4. The van der Waals surface area contributed by atoms with Gasteiger partial charge in [0.2, 0.25) is 0 Å². The molecule has 1 aliphatic rings. The molecule has 0 aromatic heterocycles. The van der Waals surface area contributed by atoms with Gasteiger partial charge in [0.25, 0.3) is 5.91 Å². The number of carbonyl (C=O) groups excluding carboxylic acids is 1. The maximum absolute atomic E-state index is 11.7. The minimum atomic E-state index is -0.947. The Balaban J connectivity index is 1.90. The summed E-state index contributed by atoms with van der Waals surface area (Å²) in [5, 5.41) is 11.3. The van der Waals surface area contributed by atoms with Gasteiger partial charge < -0.3 is 19.9 Å². The molecule has 1 aromatic carbocycles.